The summed E-state index contributed by atoms with van der Waals surface area (Å²) < 4.78 is 86.6. The summed E-state index contributed by atoms with van der Waals surface area (Å²) in [5, 5.41) is 0.582. The molecule has 0 bridgehead atoms. The molecule has 14 heteroatoms. The Hall–Kier alpha value is -2.70. The molecule has 2 aliphatic rings. The summed E-state index contributed by atoms with van der Waals surface area (Å²) in [6.45, 7) is 6.97. The molecule has 0 aliphatic carbocycles. The molecular weight excluding hydrogens is 635 g/mol. The maximum Gasteiger partial charge on any atom is 0.416 e. The van der Waals surface area contributed by atoms with Gasteiger partial charge in [0, 0.05) is 50.7 Å². The highest BCUT2D eigenvalue weighted by Crippen LogP contribution is 2.39. The molecule has 2 aliphatic heterocycles. The van der Waals surface area contributed by atoms with Crippen molar-refractivity contribution in [1.82, 2.24) is 14.7 Å². The number of likely N-dealkylation sites (N-methyl/N-ethyl adjacent to an activating group) is 1. The number of hydrogen-bond acceptors (Lipinski definition) is 4. The van der Waals surface area contributed by atoms with Crippen LogP contribution in [0.15, 0.2) is 36.4 Å². The van der Waals surface area contributed by atoms with Crippen LogP contribution in [-0.4, -0.2) is 77.6 Å². The zero-order chi connectivity index (χ0) is 32.8. The van der Waals surface area contributed by atoms with Crippen LogP contribution in [0.1, 0.15) is 66.6 Å². The average molecular weight is 669 g/mol. The van der Waals surface area contributed by atoms with Crippen LogP contribution < -0.4 is 0 Å². The first-order valence-corrected chi connectivity index (χ1v) is 14.7. The first-order chi connectivity index (χ1) is 20.2. The zero-order valence-electron chi connectivity index (χ0n) is 24.5. The number of benzene rings is 2. The van der Waals surface area contributed by atoms with Gasteiger partial charge < -0.3 is 14.5 Å². The second-order valence-corrected chi connectivity index (χ2v) is 13.0. The fourth-order valence-corrected chi connectivity index (χ4v) is 6.06. The van der Waals surface area contributed by atoms with E-state index in [9.17, 15) is 35.9 Å². The summed E-state index contributed by atoms with van der Waals surface area (Å²) in [6.07, 6.45) is -9.36. The molecule has 2 saturated heterocycles. The second kappa shape index (κ2) is 12.6. The van der Waals surface area contributed by atoms with Gasteiger partial charge in [0.15, 0.2) is 0 Å². The number of ether oxygens (including phenoxy) is 1. The Morgan fingerprint density at radius 1 is 0.864 bits per heavy atom. The molecule has 0 aromatic heterocycles. The first-order valence-electron chi connectivity index (χ1n) is 14.0. The quantitative estimate of drug-likeness (QED) is 0.311. The molecule has 242 valence electrons. The lowest BCUT2D eigenvalue weighted by atomic mass is 9.93. The van der Waals surface area contributed by atoms with Gasteiger partial charge >= 0.3 is 18.4 Å². The Labute approximate surface area is 261 Å². The van der Waals surface area contributed by atoms with Crippen LogP contribution in [0.2, 0.25) is 10.0 Å². The lowest BCUT2D eigenvalue weighted by molar-refractivity contribution is -0.143. The standard InChI is InChI=1S/C30H33Cl2F6N3O3/c1-28(2,3)44-27(43)40-9-7-21(8-10-40)41-15-22(17-5-6-23(31)24(32)13-17)25(16-41)39(4)26(42)18-11-19(29(33,34)35)14-20(12-18)30(36,37)38/h5-6,11-14,21-22,25H,7-10,15-16H2,1-4H3/t22-,25-/m1/s1. The highest BCUT2D eigenvalue weighted by atomic mass is 35.5. The molecule has 2 heterocycles. The van der Waals surface area contributed by atoms with Crippen molar-refractivity contribution in [3.8, 4) is 0 Å². The SMILES string of the molecule is CN(C(=O)c1cc(C(F)(F)F)cc(C(F)(F)F)c1)[C@@H]1CN(C2CCN(C(=O)OC(C)(C)C)CC2)C[C@@H]1c1ccc(Cl)c(Cl)c1. The van der Waals surface area contributed by atoms with Crippen LogP contribution in [-0.2, 0) is 17.1 Å². The number of alkyl halides is 6. The van der Waals surface area contributed by atoms with E-state index in [-0.39, 0.29) is 23.0 Å². The molecular formula is C30H33Cl2F6N3O3. The summed E-state index contributed by atoms with van der Waals surface area (Å²) >= 11 is 12.4. The highest BCUT2D eigenvalue weighted by Gasteiger charge is 2.43. The van der Waals surface area contributed by atoms with E-state index < -0.39 is 52.7 Å². The molecule has 2 fully saturated rings. The van der Waals surface area contributed by atoms with Gasteiger partial charge in [-0.25, -0.2) is 4.79 Å². The number of halogens is 8. The molecule has 2 aromatic rings. The Bertz CT molecular complexity index is 1360. The van der Waals surface area contributed by atoms with E-state index in [2.05, 4.69) is 4.90 Å². The van der Waals surface area contributed by atoms with Crippen LogP contribution in [0.5, 0.6) is 0 Å². The third kappa shape index (κ3) is 7.92. The Kier molecular flexibility index (Phi) is 9.78. The van der Waals surface area contributed by atoms with Crippen molar-refractivity contribution in [3.63, 3.8) is 0 Å². The predicted molar refractivity (Wildman–Crippen MR) is 154 cm³/mol. The molecule has 2 amide bonds. The van der Waals surface area contributed by atoms with Crippen LogP contribution in [0.4, 0.5) is 31.1 Å². The largest absolute Gasteiger partial charge is 0.444 e. The summed E-state index contributed by atoms with van der Waals surface area (Å²) in [6, 6.07) is 5.28. The van der Waals surface area contributed by atoms with E-state index in [0.717, 1.165) is 5.56 Å². The Balaban J connectivity index is 1.61. The topological polar surface area (TPSA) is 53.1 Å². The summed E-state index contributed by atoms with van der Waals surface area (Å²) in [7, 11) is 1.37. The Morgan fingerprint density at radius 3 is 1.93 bits per heavy atom. The lowest BCUT2D eigenvalue weighted by Gasteiger charge is -2.37. The van der Waals surface area contributed by atoms with Gasteiger partial charge in [0.2, 0.25) is 0 Å². The molecule has 4 rings (SSSR count). The van der Waals surface area contributed by atoms with Crippen molar-refractivity contribution in [1.29, 1.82) is 0 Å². The first kappa shape index (κ1) is 34.2. The molecule has 0 spiro atoms. The van der Waals surface area contributed by atoms with Gasteiger partial charge in [-0.2, -0.15) is 26.3 Å². The molecule has 2 aromatic carbocycles. The van der Waals surface area contributed by atoms with Crippen LogP contribution in [0.25, 0.3) is 0 Å². The van der Waals surface area contributed by atoms with Crippen molar-refractivity contribution in [3.05, 3.63) is 68.7 Å². The fourth-order valence-electron chi connectivity index (χ4n) is 5.75. The smallest absolute Gasteiger partial charge is 0.416 e. The van der Waals surface area contributed by atoms with Crippen molar-refractivity contribution < 1.29 is 40.7 Å². The van der Waals surface area contributed by atoms with E-state index in [0.29, 0.717) is 56.2 Å². The summed E-state index contributed by atoms with van der Waals surface area (Å²) in [5.74, 6) is -1.35. The van der Waals surface area contributed by atoms with Crippen LogP contribution in [0.3, 0.4) is 0 Å². The zero-order valence-corrected chi connectivity index (χ0v) is 26.0. The summed E-state index contributed by atoms with van der Waals surface area (Å²) in [5.41, 5.74) is -3.75. The minimum absolute atomic E-state index is 0.00373. The lowest BCUT2D eigenvalue weighted by Crippen LogP contribution is -2.48. The van der Waals surface area contributed by atoms with E-state index in [1.165, 1.54) is 11.9 Å². The van der Waals surface area contributed by atoms with Gasteiger partial charge in [-0.05, 0) is 69.5 Å². The van der Waals surface area contributed by atoms with E-state index in [1.807, 2.05) is 0 Å². The molecule has 0 radical (unpaired) electrons. The van der Waals surface area contributed by atoms with E-state index in [1.54, 1.807) is 43.9 Å². The number of amides is 2. The highest BCUT2D eigenvalue weighted by molar-refractivity contribution is 6.42. The van der Waals surface area contributed by atoms with Gasteiger partial charge in [0.25, 0.3) is 5.91 Å². The maximum atomic E-state index is 13.6. The van der Waals surface area contributed by atoms with Crippen molar-refractivity contribution >= 4 is 35.2 Å². The monoisotopic (exact) mass is 667 g/mol. The fraction of sp³-hybridized carbons (Fsp3) is 0.533. The van der Waals surface area contributed by atoms with Gasteiger partial charge in [-0.15, -0.1) is 0 Å². The number of piperidine rings is 1. The minimum Gasteiger partial charge on any atom is -0.444 e. The van der Waals surface area contributed by atoms with Gasteiger partial charge in [-0.3, -0.25) is 9.69 Å². The molecule has 0 saturated carbocycles. The number of hydrogen-bond donors (Lipinski definition) is 0. The number of rotatable bonds is 4. The van der Waals surface area contributed by atoms with E-state index >= 15 is 0 Å². The van der Waals surface area contributed by atoms with Gasteiger partial charge in [-0.1, -0.05) is 29.3 Å². The minimum atomic E-state index is -5.09. The molecule has 2 atom stereocenters. The molecule has 6 nitrogen and oxygen atoms in total. The number of nitrogens with zero attached hydrogens (tertiary/aromatic N) is 3. The normalized spacial score (nSPS) is 20.6. The molecule has 0 N–H and O–H groups in total. The maximum absolute atomic E-state index is 13.6. The van der Waals surface area contributed by atoms with Crippen molar-refractivity contribution in [2.24, 2.45) is 0 Å². The number of carbonyl (C=O) groups excluding carboxylic acids is 2. The molecule has 44 heavy (non-hydrogen) atoms. The van der Waals surface area contributed by atoms with Gasteiger partial charge in [0.05, 0.1) is 27.2 Å². The number of carbonyl (C=O) groups is 2. The van der Waals surface area contributed by atoms with Crippen molar-refractivity contribution in [2.45, 2.75) is 69.6 Å². The van der Waals surface area contributed by atoms with E-state index in [4.69, 9.17) is 27.9 Å². The molecule has 0 unspecified atom stereocenters. The average Bonchev–Trinajstić information content (AvgIpc) is 3.37. The second-order valence-electron chi connectivity index (χ2n) is 12.2. The van der Waals surface area contributed by atoms with Crippen LogP contribution >= 0.6 is 23.2 Å². The third-order valence-electron chi connectivity index (χ3n) is 7.97. The predicted octanol–water partition coefficient (Wildman–Crippen LogP) is 7.97. The third-order valence-corrected chi connectivity index (χ3v) is 8.71. The van der Waals surface area contributed by atoms with Crippen LogP contribution in [0, 0.1) is 0 Å². The van der Waals surface area contributed by atoms with Crippen molar-refractivity contribution in [2.75, 3.05) is 33.2 Å². The number of likely N-dealkylation sites (tertiary alicyclic amines) is 2. The Morgan fingerprint density at radius 2 is 1.43 bits per heavy atom. The summed E-state index contributed by atoms with van der Waals surface area (Å²) in [4.78, 5) is 31.1. The van der Waals surface area contributed by atoms with Gasteiger partial charge in [0.1, 0.15) is 5.60 Å².